The Labute approximate surface area is 129 Å². The summed E-state index contributed by atoms with van der Waals surface area (Å²) in [6.07, 6.45) is 2.45. The van der Waals surface area contributed by atoms with Crippen LogP contribution in [0.15, 0.2) is 61.2 Å². The van der Waals surface area contributed by atoms with E-state index in [-0.39, 0.29) is 0 Å². The first kappa shape index (κ1) is 15.1. The molecule has 0 heterocycles. The van der Waals surface area contributed by atoms with Gasteiger partial charge >= 0.3 is 0 Å². The number of carbonyl (C=O) groups excluding carboxylic acids is 1. The predicted octanol–water partition coefficient (Wildman–Crippen LogP) is 3.71. The normalized spacial score (nSPS) is 11.7. The molecule has 3 nitrogen and oxygen atoms in total. The molecule has 0 saturated heterocycles. The molecule has 3 N–H and O–H groups in total. The molecule has 0 fully saturated rings. The SMILES string of the molecule is C=CCc1cc(Cl)ccc1NC(C(N)=O)c1ccccc1. The van der Waals surface area contributed by atoms with Crippen molar-refractivity contribution in [2.45, 2.75) is 12.5 Å². The molecule has 0 spiro atoms. The Balaban J connectivity index is 2.33. The minimum atomic E-state index is -0.587. The average molecular weight is 301 g/mol. The van der Waals surface area contributed by atoms with Crippen LogP contribution in [0.1, 0.15) is 17.2 Å². The molecule has 1 unspecified atom stereocenters. The van der Waals surface area contributed by atoms with Crippen LogP contribution in [0, 0.1) is 0 Å². The van der Waals surface area contributed by atoms with Crippen LogP contribution in [0.3, 0.4) is 0 Å². The Bertz CT molecular complexity index is 640. The summed E-state index contributed by atoms with van der Waals surface area (Å²) in [5, 5.41) is 3.84. The number of hydrogen-bond donors (Lipinski definition) is 2. The zero-order valence-corrected chi connectivity index (χ0v) is 12.3. The molecule has 2 aromatic carbocycles. The summed E-state index contributed by atoms with van der Waals surface area (Å²) in [7, 11) is 0. The van der Waals surface area contributed by atoms with E-state index in [1.54, 1.807) is 12.1 Å². The van der Waals surface area contributed by atoms with Crippen LogP contribution in [0.5, 0.6) is 0 Å². The fraction of sp³-hybridized carbons (Fsp3) is 0.118. The maximum absolute atomic E-state index is 11.8. The van der Waals surface area contributed by atoms with Crippen molar-refractivity contribution in [3.05, 3.63) is 77.3 Å². The lowest BCUT2D eigenvalue weighted by molar-refractivity contribution is -0.118. The van der Waals surface area contributed by atoms with Gasteiger partial charge < -0.3 is 11.1 Å². The van der Waals surface area contributed by atoms with Crippen LogP contribution in [-0.2, 0) is 11.2 Å². The van der Waals surface area contributed by atoms with Gasteiger partial charge in [0, 0.05) is 10.7 Å². The van der Waals surface area contributed by atoms with E-state index in [1.165, 1.54) is 0 Å². The van der Waals surface area contributed by atoms with Crippen LogP contribution in [0.2, 0.25) is 5.02 Å². The Hall–Kier alpha value is -2.26. The van der Waals surface area contributed by atoms with E-state index in [9.17, 15) is 4.79 Å². The van der Waals surface area contributed by atoms with Crippen molar-refractivity contribution >= 4 is 23.2 Å². The van der Waals surface area contributed by atoms with Crippen molar-refractivity contribution in [3.8, 4) is 0 Å². The highest BCUT2D eigenvalue weighted by molar-refractivity contribution is 6.30. The molecule has 0 aliphatic heterocycles. The molecule has 0 radical (unpaired) electrons. The monoisotopic (exact) mass is 300 g/mol. The molecule has 0 saturated carbocycles. The van der Waals surface area contributed by atoms with E-state index < -0.39 is 11.9 Å². The smallest absolute Gasteiger partial charge is 0.244 e. The minimum absolute atomic E-state index is 0.430. The number of amides is 1. The lowest BCUT2D eigenvalue weighted by Crippen LogP contribution is -2.28. The number of nitrogens with one attached hydrogen (secondary N) is 1. The molecule has 2 aromatic rings. The van der Waals surface area contributed by atoms with Gasteiger partial charge in [0.1, 0.15) is 6.04 Å². The second-order valence-electron chi connectivity index (χ2n) is 4.68. The third-order valence-corrected chi connectivity index (χ3v) is 3.38. The number of nitrogens with two attached hydrogens (primary N) is 1. The van der Waals surface area contributed by atoms with E-state index in [1.807, 2.05) is 42.5 Å². The Morgan fingerprint density at radius 3 is 2.62 bits per heavy atom. The van der Waals surface area contributed by atoms with Crippen LogP contribution in [0.25, 0.3) is 0 Å². The lowest BCUT2D eigenvalue weighted by atomic mass is 10.0. The highest BCUT2D eigenvalue weighted by Gasteiger charge is 2.18. The molecule has 0 aromatic heterocycles. The zero-order chi connectivity index (χ0) is 15.2. The molecule has 21 heavy (non-hydrogen) atoms. The second kappa shape index (κ2) is 6.95. The van der Waals surface area contributed by atoms with E-state index in [0.29, 0.717) is 11.4 Å². The maximum atomic E-state index is 11.8. The van der Waals surface area contributed by atoms with Gasteiger partial charge in [-0.05, 0) is 35.7 Å². The number of halogens is 1. The Morgan fingerprint density at radius 2 is 2.00 bits per heavy atom. The molecule has 1 amide bonds. The van der Waals surface area contributed by atoms with Crippen LogP contribution in [0.4, 0.5) is 5.69 Å². The third-order valence-electron chi connectivity index (χ3n) is 3.15. The number of rotatable bonds is 6. The van der Waals surface area contributed by atoms with E-state index >= 15 is 0 Å². The van der Waals surface area contributed by atoms with E-state index in [0.717, 1.165) is 16.8 Å². The molecule has 0 aliphatic carbocycles. The number of primary amides is 1. The van der Waals surface area contributed by atoms with Crippen molar-refractivity contribution in [1.29, 1.82) is 0 Å². The Kier molecular flexibility index (Phi) is 5.01. The summed E-state index contributed by atoms with van der Waals surface area (Å²) in [6, 6.07) is 14.3. The number of anilines is 1. The largest absolute Gasteiger partial charge is 0.370 e. The summed E-state index contributed by atoms with van der Waals surface area (Å²) in [5.74, 6) is -0.430. The number of allylic oxidation sites excluding steroid dienone is 1. The quantitative estimate of drug-likeness (QED) is 0.799. The van der Waals surface area contributed by atoms with Crippen molar-refractivity contribution in [2.75, 3.05) is 5.32 Å². The van der Waals surface area contributed by atoms with E-state index in [4.69, 9.17) is 17.3 Å². The van der Waals surface area contributed by atoms with Gasteiger partial charge in [0.05, 0.1) is 0 Å². The molecule has 0 bridgehead atoms. The third kappa shape index (κ3) is 3.86. The Morgan fingerprint density at radius 1 is 1.29 bits per heavy atom. The number of benzene rings is 2. The standard InChI is InChI=1S/C17H17ClN2O/c1-2-6-13-11-14(18)9-10-15(13)20-16(17(19)21)12-7-4-3-5-8-12/h2-5,7-11,16,20H,1,6H2,(H2,19,21). The highest BCUT2D eigenvalue weighted by Crippen LogP contribution is 2.26. The van der Waals surface area contributed by atoms with Gasteiger partial charge in [-0.1, -0.05) is 48.0 Å². The summed E-state index contributed by atoms with van der Waals surface area (Å²) >= 11 is 6.01. The summed E-state index contributed by atoms with van der Waals surface area (Å²) < 4.78 is 0. The van der Waals surface area contributed by atoms with Gasteiger partial charge in [-0.3, -0.25) is 4.79 Å². The van der Waals surface area contributed by atoms with Crippen molar-refractivity contribution in [1.82, 2.24) is 0 Å². The fourth-order valence-electron chi connectivity index (χ4n) is 2.15. The maximum Gasteiger partial charge on any atom is 0.244 e. The summed E-state index contributed by atoms with van der Waals surface area (Å²) in [5.41, 5.74) is 8.14. The molecule has 1 atom stereocenters. The highest BCUT2D eigenvalue weighted by atomic mass is 35.5. The predicted molar refractivity (Wildman–Crippen MR) is 87.4 cm³/mol. The van der Waals surface area contributed by atoms with Crippen LogP contribution in [-0.4, -0.2) is 5.91 Å². The van der Waals surface area contributed by atoms with Gasteiger partial charge in [-0.2, -0.15) is 0 Å². The minimum Gasteiger partial charge on any atom is -0.370 e. The van der Waals surface area contributed by atoms with Crippen LogP contribution < -0.4 is 11.1 Å². The molecular weight excluding hydrogens is 284 g/mol. The number of hydrogen-bond acceptors (Lipinski definition) is 2. The van der Waals surface area contributed by atoms with Gasteiger partial charge in [0.25, 0.3) is 0 Å². The molecular formula is C17H17ClN2O. The fourth-order valence-corrected chi connectivity index (χ4v) is 2.34. The van der Waals surface area contributed by atoms with Gasteiger partial charge in [-0.25, -0.2) is 0 Å². The second-order valence-corrected chi connectivity index (χ2v) is 5.12. The molecule has 2 rings (SSSR count). The van der Waals surface area contributed by atoms with Gasteiger partial charge in [-0.15, -0.1) is 6.58 Å². The first-order valence-electron chi connectivity index (χ1n) is 6.62. The zero-order valence-electron chi connectivity index (χ0n) is 11.6. The van der Waals surface area contributed by atoms with Crippen molar-refractivity contribution < 1.29 is 4.79 Å². The number of carbonyl (C=O) groups is 1. The molecule has 4 heteroatoms. The molecule has 108 valence electrons. The van der Waals surface area contributed by atoms with Crippen LogP contribution >= 0.6 is 11.6 Å². The van der Waals surface area contributed by atoms with Gasteiger partial charge in [0.2, 0.25) is 5.91 Å². The molecule has 0 aliphatic rings. The lowest BCUT2D eigenvalue weighted by Gasteiger charge is -2.19. The first-order valence-corrected chi connectivity index (χ1v) is 6.99. The van der Waals surface area contributed by atoms with Crippen molar-refractivity contribution in [3.63, 3.8) is 0 Å². The van der Waals surface area contributed by atoms with Crippen molar-refractivity contribution in [2.24, 2.45) is 5.73 Å². The summed E-state index contributed by atoms with van der Waals surface area (Å²) in [6.45, 7) is 3.74. The topological polar surface area (TPSA) is 55.1 Å². The first-order chi connectivity index (χ1) is 10.1. The summed E-state index contributed by atoms with van der Waals surface area (Å²) in [4.78, 5) is 11.8. The van der Waals surface area contributed by atoms with E-state index in [2.05, 4.69) is 11.9 Å². The average Bonchev–Trinajstić information content (AvgIpc) is 2.47. The van der Waals surface area contributed by atoms with Gasteiger partial charge in [0.15, 0.2) is 0 Å².